The maximum atomic E-state index is 10.8. The molecular weight excluding hydrogens is 220 g/mol. The molecule has 17 heavy (non-hydrogen) atoms. The van der Waals surface area contributed by atoms with E-state index in [1.54, 1.807) is 0 Å². The number of rotatable bonds is 5. The summed E-state index contributed by atoms with van der Waals surface area (Å²) in [6.45, 7) is 3.54. The third kappa shape index (κ3) is 3.12. The van der Waals surface area contributed by atoms with Crippen LogP contribution in [0.3, 0.4) is 0 Å². The number of aromatic hydroxyl groups is 2. The summed E-state index contributed by atoms with van der Waals surface area (Å²) >= 11 is 0. The Morgan fingerprint density at radius 2 is 1.82 bits per heavy atom. The maximum Gasteiger partial charge on any atom is 0.310 e. The van der Waals surface area contributed by atoms with Crippen molar-refractivity contribution in [2.24, 2.45) is 0 Å². The summed E-state index contributed by atoms with van der Waals surface area (Å²) in [6.07, 6.45) is 2.43. The Morgan fingerprint density at radius 3 is 2.24 bits per heavy atom. The van der Waals surface area contributed by atoms with E-state index in [2.05, 4.69) is 0 Å². The number of benzene rings is 1. The van der Waals surface area contributed by atoms with Crippen molar-refractivity contribution < 1.29 is 20.1 Å². The Morgan fingerprint density at radius 1 is 1.29 bits per heavy atom. The van der Waals surface area contributed by atoms with Gasteiger partial charge in [-0.15, -0.1) is 0 Å². The normalized spacial score (nSPS) is 12.4. The molecule has 1 atom stereocenters. The van der Waals surface area contributed by atoms with E-state index in [4.69, 9.17) is 5.11 Å². The van der Waals surface area contributed by atoms with Gasteiger partial charge in [0.15, 0.2) is 0 Å². The highest BCUT2D eigenvalue weighted by Gasteiger charge is 2.17. The average Bonchev–Trinajstić information content (AvgIpc) is 2.26. The van der Waals surface area contributed by atoms with Crippen LogP contribution in [0, 0.1) is 0 Å². The monoisotopic (exact) mass is 238 g/mol. The summed E-state index contributed by atoms with van der Waals surface area (Å²) in [5, 5.41) is 28.4. The Balaban J connectivity index is 3.04. The van der Waals surface area contributed by atoms with Gasteiger partial charge in [0.2, 0.25) is 0 Å². The highest BCUT2D eigenvalue weighted by atomic mass is 16.4. The Bertz CT molecular complexity index is 389. The fourth-order valence-corrected chi connectivity index (χ4v) is 1.67. The molecule has 0 spiro atoms. The number of hydrogen-bond acceptors (Lipinski definition) is 3. The summed E-state index contributed by atoms with van der Waals surface area (Å²) in [6, 6.07) is 2.84. The van der Waals surface area contributed by atoms with Crippen LogP contribution in [0.25, 0.3) is 0 Å². The second-order valence-corrected chi connectivity index (χ2v) is 4.20. The average molecular weight is 238 g/mol. The number of aliphatic carboxylic acids is 1. The molecule has 1 aromatic rings. The first-order valence-corrected chi connectivity index (χ1v) is 5.75. The minimum Gasteiger partial charge on any atom is -0.508 e. The zero-order chi connectivity index (χ0) is 13.0. The molecule has 0 saturated carbocycles. The van der Waals surface area contributed by atoms with Crippen molar-refractivity contribution >= 4 is 5.97 Å². The number of phenolic OH excluding ortho intramolecular Hbond substituents is 2. The SMILES string of the molecule is CCCCc1c(O)cc(C(C)C(=O)O)cc1O. The van der Waals surface area contributed by atoms with Gasteiger partial charge in [-0.3, -0.25) is 4.79 Å². The number of phenols is 2. The number of hydrogen-bond donors (Lipinski definition) is 3. The third-order valence-corrected chi connectivity index (χ3v) is 2.88. The number of carboxylic acids is 1. The van der Waals surface area contributed by atoms with E-state index >= 15 is 0 Å². The van der Waals surface area contributed by atoms with E-state index in [1.807, 2.05) is 6.92 Å². The Hall–Kier alpha value is -1.71. The molecule has 4 heteroatoms. The molecule has 94 valence electrons. The van der Waals surface area contributed by atoms with Gasteiger partial charge < -0.3 is 15.3 Å². The van der Waals surface area contributed by atoms with Crippen LogP contribution >= 0.6 is 0 Å². The van der Waals surface area contributed by atoms with Crippen LogP contribution in [0.15, 0.2) is 12.1 Å². The van der Waals surface area contributed by atoms with Crippen LogP contribution in [0.2, 0.25) is 0 Å². The van der Waals surface area contributed by atoms with Crippen LogP contribution in [0.1, 0.15) is 43.7 Å². The summed E-state index contributed by atoms with van der Waals surface area (Å²) < 4.78 is 0. The van der Waals surface area contributed by atoms with Crippen molar-refractivity contribution in [1.82, 2.24) is 0 Å². The standard InChI is InChI=1S/C13H18O4/c1-3-4-5-10-11(14)6-9(7-12(10)15)8(2)13(16)17/h6-8,14-15H,3-5H2,1-2H3,(H,16,17). The lowest BCUT2D eigenvalue weighted by Gasteiger charge is -2.12. The zero-order valence-corrected chi connectivity index (χ0v) is 10.1. The van der Waals surface area contributed by atoms with Crippen molar-refractivity contribution in [3.63, 3.8) is 0 Å². The predicted octanol–water partition coefficient (Wildman–Crippen LogP) is 2.63. The van der Waals surface area contributed by atoms with E-state index in [0.717, 1.165) is 12.8 Å². The lowest BCUT2D eigenvalue weighted by atomic mass is 9.96. The van der Waals surface area contributed by atoms with Crippen LogP contribution in [0.5, 0.6) is 11.5 Å². The molecule has 1 rings (SSSR count). The van der Waals surface area contributed by atoms with Gasteiger partial charge in [-0.2, -0.15) is 0 Å². The molecule has 0 aliphatic heterocycles. The number of carboxylic acid groups (broad SMARTS) is 1. The summed E-state index contributed by atoms with van der Waals surface area (Å²) in [5.41, 5.74) is 0.904. The van der Waals surface area contributed by atoms with Crippen molar-refractivity contribution in [2.75, 3.05) is 0 Å². The molecule has 1 unspecified atom stereocenters. The molecule has 4 nitrogen and oxygen atoms in total. The van der Waals surface area contributed by atoms with Gasteiger partial charge in [-0.05, 0) is 37.5 Å². The fraction of sp³-hybridized carbons (Fsp3) is 0.462. The first kappa shape index (κ1) is 13.4. The van der Waals surface area contributed by atoms with Gasteiger partial charge in [0, 0.05) is 5.56 Å². The second kappa shape index (κ2) is 5.57. The van der Waals surface area contributed by atoms with Crippen molar-refractivity contribution in [3.05, 3.63) is 23.3 Å². The van der Waals surface area contributed by atoms with E-state index in [1.165, 1.54) is 19.1 Å². The molecule has 0 bridgehead atoms. The highest BCUT2D eigenvalue weighted by molar-refractivity contribution is 5.76. The minimum atomic E-state index is -0.981. The lowest BCUT2D eigenvalue weighted by molar-refractivity contribution is -0.138. The second-order valence-electron chi connectivity index (χ2n) is 4.20. The van der Waals surface area contributed by atoms with E-state index in [9.17, 15) is 15.0 Å². The lowest BCUT2D eigenvalue weighted by Crippen LogP contribution is -2.07. The van der Waals surface area contributed by atoms with Gasteiger partial charge in [-0.25, -0.2) is 0 Å². The van der Waals surface area contributed by atoms with Gasteiger partial charge in [0.1, 0.15) is 11.5 Å². The maximum absolute atomic E-state index is 10.8. The highest BCUT2D eigenvalue weighted by Crippen LogP contribution is 2.33. The van der Waals surface area contributed by atoms with E-state index < -0.39 is 11.9 Å². The quantitative estimate of drug-likeness (QED) is 0.736. The summed E-state index contributed by atoms with van der Waals surface area (Å²) in [7, 11) is 0. The molecule has 0 heterocycles. The first-order valence-electron chi connectivity index (χ1n) is 5.75. The molecule has 0 radical (unpaired) electrons. The first-order chi connectivity index (χ1) is 7.97. The van der Waals surface area contributed by atoms with Crippen LogP contribution < -0.4 is 0 Å². The molecule has 0 aliphatic rings. The molecule has 3 N–H and O–H groups in total. The van der Waals surface area contributed by atoms with Gasteiger partial charge in [0.25, 0.3) is 0 Å². The smallest absolute Gasteiger partial charge is 0.310 e. The molecule has 1 aromatic carbocycles. The molecule has 0 aliphatic carbocycles. The zero-order valence-electron chi connectivity index (χ0n) is 10.1. The predicted molar refractivity (Wildman–Crippen MR) is 64.4 cm³/mol. The minimum absolute atomic E-state index is 0.0263. The van der Waals surface area contributed by atoms with Gasteiger partial charge in [0.05, 0.1) is 5.92 Å². The largest absolute Gasteiger partial charge is 0.508 e. The van der Waals surface area contributed by atoms with Crippen LogP contribution in [-0.2, 0) is 11.2 Å². The van der Waals surface area contributed by atoms with E-state index in [0.29, 0.717) is 17.5 Å². The molecular formula is C13H18O4. The Labute approximate surface area is 101 Å². The van der Waals surface area contributed by atoms with Gasteiger partial charge in [-0.1, -0.05) is 13.3 Å². The molecule has 0 aromatic heterocycles. The molecule has 0 fully saturated rings. The van der Waals surface area contributed by atoms with E-state index in [-0.39, 0.29) is 11.5 Å². The molecule has 0 saturated heterocycles. The Kier molecular flexibility index (Phi) is 4.37. The number of carbonyl (C=O) groups is 1. The van der Waals surface area contributed by atoms with Crippen molar-refractivity contribution in [2.45, 2.75) is 39.0 Å². The van der Waals surface area contributed by atoms with Crippen molar-refractivity contribution in [1.29, 1.82) is 0 Å². The third-order valence-electron chi connectivity index (χ3n) is 2.88. The fourth-order valence-electron chi connectivity index (χ4n) is 1.67. The van der Waals surface area contributed by atoms with Crippen LogP contribution in [0.4, 0.5) is 0 Å². The summed E-state index contributed by atoms with van der Waals surface area (Å²) in [4.78, 5) is 10.8. The summed E-state index contributed by atoms with van der Waals surface area (Å²) in [5.74, 6) is -1.78. The molecule has 0 amide bonds. The van der Waals surface area contributed by atoms with Gasteiger partial charge >= 0.3 is 5.97 Å². The number of unbranched alkanes of at least 4 members (excludes halogenated alkanes) is 1. The van der Waals surface area contributed by atoms with Crippen molar-refractivity contribution in [3.8, 4) is 11.5 Å². The van der Waals surface area contributed by atoms with Crippen LogP contribution in [-0.4, -0.2) is 21.3 Å². The topological polar surface area (TPSA) is 77.8 Å².